The molecule has 5 nitrogen and oxygen atoms in total. The maximum Gasteiger partial charge on any atom is 0.222 e. The molecule has 1 N–H and O–H groups in total. The molecule has 0 radical (unpaired) electrons. The van der Waals surface area contributed by atoms with Crippen molar-refractivity contribution >= 4 is 5.91 Å². The lowest BCUT2D eigenvalue weighted by Crippen LogP contribution is -2.55. The van der Waals surface area contributed by atoms with Crippen LogP contribution in [0.1, 0.15) is 31.7 Å². The van der Waals surface area contributed by atoms with Gasteiger partial charge in [0.2, 0.25) is 5.91 Å². The molecular formula is C20H31N3O2. The van der Waals surface area contributed by atoms with Crippen LogP contribution in [-0.2, 0) is 11.3 Å². The Morgan fingerprint density at radius 2 is 1.96 bits per heavy atom. The van der Waals surface area contributed by atoms with Crippen molar-refractivity contribution in [3.63, 3.8) is 0 Å². The number of rotatable bonds is 7. The number of hydrogen-bond acceptors (Lipinski definition) is 4. The highest BCUT2D eigenvalue weighted by Gasteiger charge is 2.29. The van der Waals surface area contributed by atoms with E-state index in [2.05, 4.69) is 47.1 Å². The molecule has 2 heterocycles. The number of hydrogen-bond donors (Lipinski definition) is 1. The Morgan fingerprint density at radius 1 is 1.16 bits per heavy atom. The first-order valence-electron chi connectivity index (χ1n) is 9.62. The average molecular weight is 345 g/mol. The van der Waals surface area contributed by atoms with Gasteiger partial charge in [-0.1, -0.05) is 37.3 Å². The van der Waals surface area contributed by atoms with E-state index in [0.29, 0.717) is 25.6 Å². The minimum atomic E-state index is -0.447. The molecule has 2 atom stereocenters. The standard InChI is InChI=1S/C20H31N3O2/c1-2-18-14-21(13-17-7-4-3-5-8-17)11-12-22(18)15-19(24)16-23-10-6-9-20(23)25/h3-5,7-8,18-19,24H,2,6,9-16H2,1H3/t18-,19-/m0/s1. The van der Waals surface area contributed by atoms with Gasteiger partial charge in [-0.15, -0.1) is 0 Å². The van der Waals surface area contributed by atoms with Crippen LogP contribution in [0.2, 0.25) is 0 Å². The quantitative estimate of drug-likeness (QED) is 0.815. The van der Waals surface area contributed by atoms with E-state index < -0.39 is 6.10 Å². The van der Waals surface area contributed by atoms with Crippen molar-refractivity contribution in [3.8, 4) is 0 Å². The number of amides is 1. The number of carbonyl (C=O) groups excluding carboxylic acids is 1. The number of piperazine rings is 1. The average Bonchev–Trinajstić information content (AvgIpc) is 3.02. The molecule has 5 heteroatoms. The summed E-state index contributed by atoms with van der Waals surface area (Å²) >= 11 is 0. The number of nitrogens with zero attached hydrogens (tertiary/aromatic N) is 3. The lowest BCUT2D eigenvalue weighted by Gasteiger charge is -2.42. The third-order valence-corrected chi connectivity index (χ3v) is 5.46. The summed E-state index contributed by atoms with van der Waals surface area (Å²) < 4.78 is 0. The number of benzene rings is 1. The number of aliphatic hydroxyl groups excluding tert-OH is 1. The van der Waals surface area contributed by atoms with E-state index >= 15 is 0 Å². The lowest BCUT2D eigenvalue weighted by molar-refractivity contribution is -0.129. The van der Waals surface area contributed by atoms with Gasteiger partial charge in [-0.3, -0.25) is 14.6 Å². The van der Waals surface area contributed by atoms with Crippen LogP contribution in [0.4, 0.5) is 0 Å². The van der Waals surface area contributed by atoms with E-state index in [1.807, 2.05) is 4.90 Å². The first kappa shape index (κ1) is 18.4. The summed E-state index contributed by atoms with van der Waals surface area (Å²) in [5.74, 6) is 0.193. The molecule has 2 fully saturated rings. The molecule has 2 saturated heterocycles. The zero-order valence-electron chi connectivity index (χ0n) is 15.3. The third-order valence-electron chi connectivity index (χ3n) is 5.46. The predicted octanol–water partition coefficient (Wildman–Crippen LogP) is 1.57. The van der Waals surface area contributed by atoms with Gasteiger partial charge < -0.3 is 10.0 Å². The second-order valence-electron chi connectivity index (χ2n) is 7.37. The second kappa shape index (κ2) is 8.79. The van der Waals surface area contributed by atoms with Gasteiger partial charge in [0.15, 0.2) is 0 Å². The van der Waals surface area contributed by atoms with Crippen molar-refractivity contribution in [1.82, 2.24) is 14.7 Å². The Labute approximate surface area is 151 Å². The first-order valence-corrected chi connectivity index (χ1v) is 9.62. The molecule has 0 aliphatic carbocycles. The molecule has 0 aromatic heterocycles. The Bertz CT molecular complexity index is 551. The minimum Gasteiger partial charge on any atom is -0.390 e. The van der Waals surface area contributed by atoms with Crippen molar-refractivity contribution < 1.29 is 9.90 Å². The smallest absolute Gasteiger partial charge is 0.222 e. The molecule has 1 aromatic rings. The van der Waals surface area contributed by atoms with Gasteiger partial charge in [-0.05, 0) is 18.4 Å². The SMILES string of the molecule is CC[C@H]1CN(Cc2ccccc2)CCN1C[C@H](O)CN1CCCC1=O. The number of likely N-dealkylation sites (tertiary alicyclic amines) is 1. The molecule has 138 valence electrons. The molecule has 25 heavy (non-hydrogen) atoms. The van der Waals surface area contributed by atoms with Crippen molar-refractivity contribution in [2.45, 2.75) is 44.9 Å². The summed E-state index contributed by atoms with van der Waals surface area (Å²) in [5, 5.41) is 10.4. The Hall–Kier alpha value is -1.43. The number of aliphatic hydroxyl groups is 1. The summed E-state index contributed by atoms with van der Waals surface area (Å²) in [6.07, 6.45) is 2.21. The molecule has 3 rings (SSSR count). The predicted molar refractivity (Wildman–Crippen MR) is 99.2 cm³/mol. The summed E-state index contributed by atoms with van der Waals surface area (Å²) in [6.45, 7) is 8.23. The van der Waals surface area contributed by atoms with Gasteiger partial charge in [0.05, 0.1) is 6.10 Å². The van der Waals surface area contributed by atoms with Gasteiger partial charge >= 0.3 is 0 Å². The van der Waals surface area contributed by atoms with E-state index in [1.165, 1.54) is 5.56 Å². The molecule has 0 unspecified atom stereocenters. The fourth-order valence-corrected chi connectivity index (χ4v) is 4.05. The lowest BCUT2D eigenvalue weighted by atomic mass is 10.1. The van der Waals surface area contributed by atoms with E-state index in [9.17, 15) is 9.90 Å². The first-order chi connectivity index (χ1) is 12.2. The molecule has 0 bridgehead atoms. The summed E-state index contributed by atoms with van der Waals surface area (Å²) in [5.41, 5.74) is 1.36. The van der Waals surface area contributed by atoms with Crippen LogP contribution in [0, 0.1) is 0 Å². The molecule has 0 saturated carbocycles. The van der Waals surface area contributed by atoms with Crippen LogP contribution in [0.25, 0.3) is 0 Å². The Balaban J connectivity index is 1.49. The highest BCUT2D eigenvalue weighted by atomic mass is 16.3. The molecule has 2 aliphatic rings. The van der Waals surface area contributed by atoms with E-state index in [-0.39, 0.29) is 5.91 Å². The zero-order chi connectivity index (χ0) is 17.6. The summed E-state index contributed by atoms with van der Waals surface area (Å²) in [6, 6.07) is 11.1. The summed E-state index contributed by atoms with van der Waals surface area (Å²) in [4.78, 5) is 18.5. The highest BCUT2D eigenvalue weighted by molar-refractivity contribution is 5.78. The van der Waals surface area contributed by atoms with Crippen molar-refractivity contribution in [1.29, 1.82) is 0 Å². The van der Waals surface area contributed by atoms with Gasteiger partial charge in [-0.2, -0.15) is 0 Å². The fourth-order valence-electron chi connectivity index (χ4n) is 4.05. The largest absolute Gasteiger partial charge is 0.390 e. The minimum absolute atomic E-state index is 0.193. The molecule has 2 aliphatic heterocycles. The zero-order valence-corrected chi connectivity index (χ0v) is 15.3. The van der Waals surface area contributed by atoms with E-state index in [0.717, 1.165) is 45.6 Å². The maximum absolute atomic E-state index is 11.7. The third kappa shape index (κ3) is 5.03. The van der Waals surface area contributed by atoms with Crippen LogP contribution in [0.5, 0.6) is 0 Å². The molecule has 1 aromatic carbocycles. The van der Waals surface area contributed by atoms with Gasteiger partial charge in [0.25, 0.3) is 0 Å². The van der Waals surface area contributed by atoms with Crippen molar-refractivity contribution in [2.24, 2.45) is 0 Å². The monoisotopic (exact) mass is 345 g/mol. The van der Waals surface area contributed by atoms with Crippen LogP contribution < -0.4 is 0 Å². The van der Waals surface area contributed by atoms with Gasteiger partial charge in [0, 0.05) is 58.3 Å². The van der Waals surface area contributed by atoms with Gasteiger partial charge in [0.1, 0.15) is 0 Å². The van der Waals surface area contributed by atoms with E-state index in [1.54, 1.807) is 0 Å². The molecular weight excluding hydrogens is 314 g/mol. The second-order valence-corrected chi connectivity index (χ2v) is 7.37. The highest BCUT2D eigenvalue weighted by Crippen LogP contribution is 2.17. The number of β-amino-alcohol motifs (C(OH)–C–C–N with tert-alkyl or cyclic N) is 1. The van der Waals surface area contributed by atoms with Crippen LogP contribution in [0.15, 0.2) is 30.3 Å². The van der Waals surface area contributed by atoms with Gasteiger partial charge in [-0.25, -0.2) is 0 Å². The van der Waals surface area contributed by atoms with Crippen LogP contribution in [0.3, 0.4) is 0 Å². The normalized spacial score (nSPS) is 24.0. The number of carbonyl (C=O) groups is 1. The van der Waals surface area contributed by atoms with E-state index in [4.69, 9.17) is 0 Å². The molecule has 1 amide bonds. The Morgan fingerprint density at radius 3 is 2.64 bits per heavy atom. The summed E-state index contributed by atoms with van der Waals surface area (Å²) in [7, 11) is 0. The molecule has 0 spiro atoms. The fraction of sp³-hybridized carbons (Fsp3) is 0.650. The van der Waals surface area contributed by atoms with Crippen LogP contribution in [-0.4, -0.2) is 77.1 Å². The Kier molecular flexibility index (Phi) is 6.45. The van der Waals surface area contributed by atoms with Crippen LogP contribution >= 0.6 is 0 Å². The van der Waals surface area contributed by atoms with Crippen molar-refractivity contribution in [3.05, 3.63) is 35.9 Å². The maximum atomic E-state index is 11.7. The van der Waals surface area contributed by atoms with Crippen molar-refractivity contribution in [2.75, 3.05) is 39.3 Å². The topological polar surface area (TPSA) is 47.0 Å².